The number of hydrogen-bond donors (Lipinski definition) is 1. The summed E-state index contributed by atoms with van der Waals surface area (Å²) in [6, 6.07) is 14.7. The monoisotopic (exact) mass is 426 g/mol. The minimum Gasteiger partial charge on any atom is -0.361 e. The van der Waals surface area contributed by atoms with Gasteiger partial charge in [-0.25, -0.2) is 14.4 Å². The zero-order valence-electron chi connectivity index (χ0n) is 17.6. The Morgan fingerprint density at radius 3 is 2.84 bits per heavy atom. The van der Waals surface area contributed by atoms with Gasteiger partial charge in [0, 0.05) is 53.3 Å². The van der Waals surface area contributed by atoms with Crippen LogP contribution in [-0.4, -0.2) is 31.8 Å². The van der Waals surface area contributed by atoms with Gasteiger partial charge in [0.05, 0.1) is 11.7 Å². The Morgan fingerprint density at radius 1 is 1.12 bits per heavy atom. The van der Waals surface area contributed by atoms with E-state index in [1.54, 1.807) is 12.1 Å². The highest BCUT2D eigenvalue weighted by Gasteiger charge is 2.43. The van der Waals surface area contributed by atoms with Gasteiger partial charge in [0.15, 0.2) is 5.82 Å². The quantitative estimate of drug-likeness (QED) is 0.500. The van der Waals surface area contributed by atoms with Gasteiger partial charge in [0.25, 0.3) is 0 Å². The summed E-state index contributed by atoms with van der Waals surface area (Å²) in [6.45, 7) is 0. The van der Waals surface area contributed by atoms with Crippen LogP contribution < -0.4 is 0 Å². The molecule has 2 aliphatic heterocycles. The lowest BCUT2D eigenvalue weighted by Gasteiger charge is -2.36. The number of aromatic amines is 1. The molecule has 2 bridgehead atoms. The van der Waals surface area contributed by atoms with Gasteiger partial charge in [0.2, 0.25) is 5.91 Å². The molecular weight excluding hydrogens is 403 g/mol. The molecule has 160 valence electrons. The number of carbonyl (C=O) groups excluding carboxylic acids is 1. The summed E-state index contributed by atoms with van der Waals surface area (Å²) in [5.74, 6) is 0.546. The first-order chi connectivity index (χ1) is 15.7. The summed E-state index contributed by atoms with van der Waals surface area (Å²) >= 11 is 0. The van der Waals surface area contributed by atoms with Gasteiger partial charge >= 0.3 is 0 Å². The van der Waals surface area contributed by atoms with Crippen molar-refractivity contribution in [2.45, 2.75) is 44.2 Å². The summed E-state index contributed by atoms with van der Waals surface area (Å²) in [4.78, 5) is 28.0. The van der Waals surface area contributed by atoms with E-state index in [4.69, 9.17) is 4.98 Å². The number of nitrogens with zero attached hydrogens (tertiary/aromatic N) is 3. The fraction of sp³-hybridized carbons (Fsp3) is 0.269. The zero-order chi connectivity index (χ0) is 21.7. The van der Waals surface area contributed by atoms with Gasteiger partial charge < -0.3 is 9.88 Å². The molecule has 1 N–H and O–H groups in total. The van der Waals surface area contributed by atoms with E-state index in [9.17, 15) is 9.18 Å². The Balaban J connectivity index is 1.22. The van der Waals surface area contributed by atoms with Crippen LogP contribution in [0.2, 0.25) is 0 Å². The van der Waals surface area contributed by atoms with E-state index >= 15 is 0 Å². The molecule has 2 atom stereocenters. The third-order valence-electron chi connectivity index (χ3n) is 6.86. The van der Waals surface area contributed by atoms with E-state index in [0.29, 0.717) is 12.2 Å². The summed E-state index contributed by atoms with van der Waals surface area (Å²) < 4.78 is 13.3. The molecule has 6 rings (SSSR count). The first-order valence-electron chi connectivity index (χ1n) is 11.2. The SMILES string of the molecule is O=C(CCc1c[nH]c2ccccc12)N1[C@H]2CC[C@@H]1c1cnc(-c3ccc(F)cc3)nc1C2. The third kappa shape index (κ3) is 3.18. The molecule has 32 heavy (non-hydrogen) atoms. The number of hydrogen-bond acceptors (Lipinski definition) is 3. The predicted octanol–water partition coefficient (Wildman–Crippen LogP) is 4.99. The highest BCUT2D eigenvalue weighted by Crippen LogP contribution is 2.43. The molecule has 1 amide bonds. The number of nitrogens with one attached hydrogen (secondary N) is 1. The smallest absolute Gasteiger partial charge is 0.223 e. The minimum absolute atomic E-state index is 0.0569. The van der Waals surface area contributed by atoms with Gasteiger partial charge in [-0.05, 0) is 55.2 Å². The maximum atomic E-state index is 13.3. The maximum Gasteiger partial charge on any atom is 0.223 e. The van der Waals surface area contributed by atoms with Crippen molar-refractivity contribution in [3.8, 4) is 11.4 Å². The Morgan fingerprint density at radius 2 is 1.97 bits per heavy atom. The summed E-state index contributed by atoms with van der Waals surface area (Å²) in [5.41, 5.74) is 5.18. The van der Waals surface area contributed by atoms with Gasteiger partial charge in [0.1, 0.15) is 5.82 Å². The number of amides is 1. The Labute approximate surface area is 185 Å². The molecule has 0 saturated carbocycles. The third-order valence-corrected chi connectivity index (χ3v) is 6.86. The largest absolute Gasteiger partial charge is 0.361 e. The summed E-state index contributed by atoms with van der Waals surface area (Å²) in [6.07, 6.45) is 7.81. The molecule has 1 saturated heterocycles. The molecular formula is C26H23FN4O. The van der Waals surface area contributed by atoms with Gasteiger partial charge in [-0.2, -0.15) is 0 Å². The number of para-hydroxylation sites is 1. The van der Waals surface area contributed by atoms with Gasteiger partial charge in [-0.1, -0.05) is 18.2 Å². The first-order valence-corrected chi connectivity index (χ1v) is 11.2. The summed E-state index contributed by atoms with van der Waals surface area (Å²) in [7, 11) is 0. The number of rotatable bonds is 4. The van der Waals surface area contributed by atoms with Crippen molar-refractivity contribution in [1.82, 2.24) is 19.9 Å². The Hall–Kier alpha value is -3.54. The van der Waals surface area contributed by atoms with Crippen molar-refractivity contribution >= 4 is 16.8 Å². The lowest BCUT2D eigenvalue weighted by molar-refractivity contribution is -0.134. The van der Waals surface area contributed by atoms with E-state index in [1.807, 2.05) is 24.5 Å². The number of H-pyrrole nitrogens is 1. The van der Waals surface area contributed by atoms with Crippen LogP contribution in [0, 0.1) is 5.82 Å². The standard InChI is InChI=1S/C26H23FN4O/c27-18-8-5-16(6-9-18)26-29-15-21-23(30-26)13-19-10-11-24(21)31(19)25(32)12-7-17-14-28-22-4-2-1-3-20(17)22/h1-6,8-9,14-15,19,24,28H,7,10-13H2/t19-,24+/m0/s1. The molecule has 2 aromatic heterocycles. The van der Waals surface area contributed by atoms with Crippen LogP contribution in [0.3, 0.4) is 0 Å². The second kappa shape index (κ2) is 7.55. The normalized spacial score (nSPS) is 19.3. The molecule has 4 aromatic rings. The van der Waals surface area contributed by atoms with E-state index in [1.165, 1.54) is 23.1 Å². The number of halogens is 1. The fourth-order valence-electron chi connectivity index (χ4n) is 5.30. The average molecular weight is 426 g/mol. The van der Waals surface area contributed by atoms with E-state index in [2.05, 4.69) is 27.0 Å². The molecule has 0 unspecified atom stereocenters. The van der Waals surface area contributed by atoms with Crippen LogP contribution in [0.1, 0.15) is 42.1 Å². The number of benzene rings is 2. The zero-order valence-corrected chi connectivity index (χ0v) is 17.6. The molecule has 2 aliphatic rings. The number of aromatic nitrogens is 3. The molecule has 0 radical (unpaired) electrons. The van der Waals surface area contributed by atoms with Crippen molar-refractivity contribution in [1.29, 1.82) is 0 Å². The first kappa shape index (κ1) is 19.2. The summed E-state index contributed by atoms with van der Waals surface area (Å²) in [5, 5.41) is 1.19. The van der Waals surface area contributed by atoms with E-state index in [-0.39, 0.29) is 23.8 Å². The Bertz CT molecular complexity index is 1310. The number of aryl methyl sites for hydroxylation is 1. The van der Waals surface area contributed by atoms with Crippen molar-refractivity contribution in [2.75, 3.05) is 0 Å². The van der Waals surface area contributed by atoms with Crippen molar-refractivity contribution in [3.05, 3.63) is 83.6 Å². The molecule has 4 heterocycles. The van der Waals surface area contributed by atoms with Gasteiger partial charge in [-0.3, -0.25) is 4.79 Å². The average Bonchev–Trinajstić information content (AvgIpc) is 3.38. The van der Waals surface area contributed by atoms with Crippen molar-refractivity contribution in [2.24, 2.45) is 0 Å². The predicted molar refractivity (Wildman–Crippen MR) is 120 cm³/mol. The lowest BCUT2D eigenvalue weighted by atomic mass is 9.97. The lowest BCUT2D eigenvalue weighted by Crippen LogP contribution is -2.42. The number of carbonyl (C=O) groups is 1. The topological polar surface area (TPSA) is 61.9 Å². The second-order valence-electron chi connectivity index (χ2n) is 8.71. The van der Waals surface area contributed by atoms with Crippen LogP contribution in [0.5, 0.6) is 0 Å². The van der Waals surface area contributed by atoms with Crippen LogP contribution >= 0.6 is 0 Å². The van der Waals surface area contributed by atoms with Crippen molar-refractivity contribution in [3.63, 3.8) is 0 Å². The molecule has 1 fully saturated rings. The molecule has 0 spiro atoms. The van der Waals surface area contributed by atoms with Crippen molar-refractivity contribution < 1.29 is 9.18 Å². The molecule has 5 nitrogen and oxygen atoms in total. The Kier molecular flexibility index (Phi) is 4.52. The van der Waals surface area contributed by atoms with Crippen LogP contribution in [-0.2, 0) is 17.6 Å². The van der Waals surface area contributed by atoms with E-state index in [0.717, 1.165) is 48.0 Å². The second-order valence-corrected chi connectivity index (χ2v) is 8.71. The van der Waals surface area contributed by atoms with Crippen LogP contribution in [0.4, 0.5) is 4.39 Å². The molecule has 0 aliphatic carbocycles. The maximum absolute atomic E-state index is 13.3. The van der Waals surface area contributed by atoms with Crippen LogP contribution in [0.25, 0.3) is 22.3 Å². The van der Waals surface area contributed by atoms with E-state index < -0.39 is 0 Å². The van der Waals surface area contributed by atoms with Gasteiger partial charge in [-0.15, -0.1) is 0 Å². The highest BCUT2D eigenvalue weighted by atomic mass is 19.1. The molecule has 2 aromatic carbocycles. The number of fused-ring (bicyclic) bond motifs is 5. The fourth-order valence-corrected chi connectivity index (χ4v) is 5.30. The highest BCUT2D eigenvalue weighted by molar-refractivity contribution is 5.84. The van der Waals surface area contributed by atoms with Crippen LogP contribution in [0.15, 0.2) is 60.9 Å². The molecule has 6 heteroatoms. The minimum atomic E-state index is -0.272.